The molecular weight excluding hydrogens is 371 g/mol. The molecule has 0 saturated carbocycles. The van der Waals surface area contributed by atoms with Gasteiger partial charge >= 0.3 is 0 Å². The monoisotopic (exact) mass is 388 g/mol. The Hall–Kier alpha value is -0.680. The van der Waals surface area contributed by atoms with Crippen molar-refractivity contribution in [3.8, 4) is 0 Å². The van der Waals surface area contributed by atoms with E-state index in [1.807, 2.05) is 38.1 Å². The maximum atomic E-state index is 12.4. The largest absolute Gasteiger partial charge is 0.253 e. The quantitative estimate of drug-likeness (QED) is 0.669. The van der Waals surface area contributed by atoms with Gasteiger partial charge in [0.05, 0.1) is 21.6 Å². The van der Waals surface area contributed by atoms with Gasteiger partial charge in [0.1, 0.15) is 9.42 Å². The molecular formula is C17H18Cl2O2S2. The highest BCUT2D eigenvalue weighted by atomic mass is 35.5. The number of aryl methyl sites for hydroxylation is 2. The second kappa shape index (κ2) is 8.43. The Morgan fingerprint density at radius 3 is 1.35 bits per heavy atom. The van der Waals surface area contributed by atoms with Gasteiger partial charge in [-0.25, -0.2) is 0 Å². The fraction of sp³-hybridized carbons (Fsp3) is 0.294. The molecule has 0 aliphatic rings. The van der Waals surface area contributed by atoms with E-state index >= 15 is 0 Å². The molecule has 0 aliphatic carbocycles. The standard InChI is InChI=1S/C17H18Cl2O2S2/c1-12-3-7-14(8-4-12)22(20)16(18)11-17(19)23(21)15-9-5-13(2)6-10-15/h3-10,16-17H,11H2,1-2H3. The lowest BCUT2D eigenvalue weighted by Gasteiger charge is -2.14. The number of benzene rings is 2. The van der Waals surface area contributed by atoms with Crippen LogP contribution in [0.25, 0.3) is 0 Å². The maximum Gasteiger partial charge on any atom is 0.116 e. The molecule has 0 aliphatic heterocycles. The van der Waals surface area contributed by atoms with E-state index in [4.69, 9.17) is 23.2 Å². The van der Waals surface area contributed by atoms with Crippen molar-refractivity contribution in [2.45, 2.75) is 39.5 Å². The van der Waals surface area contributed by atoms with E-state index in [0.717, 1.165) is 11.1 Å². The SMILES string of the molecule is Cc1ccc(S(=O)C(Cl)CC(Cl)S(=O)c2ccc(C)cc2)cc1. The predicted octanol–water partition coefficient (Wildman–Crippen LogP) is 4.74. The maximum absolute atomic E-state index is 12.4. The summed E-state index contributed by atoms with van der Waals surface area (Å²) >= 11 is 12.5. The smallest absolute Gasteiger partial charge is 0.116 e. The second-order valence-corrected chi connectivity index (χ2v) is 10.1. The van der Waals surface area contributed by atoms with Gasteiger partial charge in [-0.05, 0) is 38.1 Å². The summed E-state index contributed by atoms with van der Waals surface area (Å²) in [6, 6.07) is 14.7. The molecule has 2 rings (SSSR count). The minimum absolute atomic E-state index is 0.198. The lowest BCUT2D eigenvalue weighted by atomic mass is 10.2. The molecule has 0 fully saturated rings. The van der Waals surface area contributed by atoms with Crippen molar-refractivity contribution in [2.24, 2.45) is 0 Å². The summed E-state index contributed by atoms with van der Waals surface area (Å²) < 4.78 is 23.5. The molecule has 2 nitrogen and oxygen atoms in total. The number of alkyl halides is 2. The van der Waals surface area contributed by atoms with Crippen LogP contribution in [0.5, 0.6) is 0 Å². The number of hydrogen-bond donors (Lipinski definition) is 0. The van der Waals surface area contributed by atoms with Crippen LogP contribution in [0.3, 0.4) is 0 Å². The predicted molar refractivity (Wildman–Crippen MR) is 99.1 cm³/mol. The molecule has 4 unspecified atom stereocenters. The highest BCUT2D eigenvalue weighted by Crippen LogP contribution is 2.25. The average Bonchev–Trinajstić information content (AvgIpc) is 2.54. The highest BCUT2D eigenvalue weighted by Gasteiger charge is 2.24. The molecule has 6 heteroatoms. The minimum atomic E-state index is -1.39. The van der Waals surface area contributed by atoms with Crippen LogP contribution >= 0.6 is 23.2 Å². The van der Waals surface area contributed by atoms with Gasteiger partial charge in [0.2, 0.25) is 0 Å². The molecule has 0 aromatic heterocycles. The van der Waals surface area contributed by atoms with Gasteiger partial charge in [0.25, 0.3) is 0 Å². The first-order valence-corrected chi connectivity index (χ1v) is 10.4. The lowest BCUT2D eigenvalue weighted by molar-refractivity contribution is 0.672. The number of halogens is 2. The molecule has 0 bridgehead atoms. The fourth-order valence-corrected chi connectivity index (χ4v) is 5.49. The molecule has 2 aromatic carbocycles. The molecule has 0 radical (unpaired) electrons. The first kappa shape index (κ1) is 18.7. The van der Waals surface area contributed by atoms with Gasteiger partial charge in [0.15, 0.2) is 0 Å². The van der Waals surface area contributed by atoms with Crippen LogP contribution in [-0.2, 0) is 21.6 Å². The number of rotatable bonds is 6. The Labute approximate surface area is 152 Å². The van der Waals surface area contributed by atoms with Crippen molar-refractivity contribution in [2.75, 3.05) is 0 Å². The Morgan fingerprint density at radius 2 is 1.04 bits per heavy atom. The topological polar surface area (TPSA) is 34.1 Å². The fourth-order valence-electron chi connectivity index (χ4n) is 1.96. The van der Waals surface area contributed by atoms with Crippen LogP contribution in [0.15, 0.2) is 58.3 Å². The van der Waals surface area contributed by atoms with Gasteiger partial charge in [0, 0.05) is 16.2 Å². The minimum Gasteiger partial charge on any atom is -0.253 e. The van der Waals surface area contributed by atoms with E-state index in [0.29, 0.717) is 9.79 Å². The van der Waals surface area contributed by atoms with E-state index in [1.54, 1.807) is 24.3 Å². The van der Waals surface area contributed by atoms with Crippen molar-refractivity contribution in [1.29, 1.82) is 0 Å². The van der Waals surface area contributed by atoms with Gasteiger partial charge in [-0.3, -0.25) is 8.42 Å². The summed E-state index contributed by atoms with van der Waals surface area (Å²) in [7, 11) is -2.77. The Bertz CT molecular complexity index is 638. The van der Waals surface area contributed by atoms with Crippen molar-refractivity contribution >= 4 is 44.8 Å². The van der Waals surface area contributed by atoms with Gasteiger partial charge in [-0.1, -0.05) is 35.4 Å². The third-order valence-electron chi connectivity index (χ3n) is 3.34. The third-order valence-corrected chi connectivity index (χ3v) is 7.46. The van der Waals surface area contributed by atoms with E-state index < -0.39 is 31.0 Å². The molecule has 0 N–H and O–H groups in total. The molecule has 0 amide bonds. The summed E-state index contributed by atoms with van der Waals surface area (Å²) in [5, 5.41) is 0. The van der Waals surface area contributed by atoms with Crippen LogP contribution < -0.4 is 0 Å². The Morgan fingerprint density at radius 1 is 0.739 bits per heavy atom. The molecule has 23 heavy (non-hydrogen) atoms. The van der Waals surface area contributed by atoms with E-state index in [2.05, 4.69) is 0 Å². The third kappa shape index (κ3) is 5.15. The van der Waals surface area contributed by atoms with Crippen LogP contribution in [-0.4, -0.2) is 17.8 Å². The van der Waals surface area contributed by atoms with Crippen LogP contribution in [0.4, 0.5) is 0 Å². The summed E-state index contributed by atoms with van der Waals surface area (Å²) in [5.74, 6) is 0. The average molecular weight is 389 g/mol. The Balaban J connectivity index is 2.02. The highest BCUT2D eigenvalue weighted by molar-refractivity contribution is 7.88. The van der Waals surface area contributed by atoms with E-state index in [1.165, 1.54) is 0 Å². The lowest BCUT2D eigenvalue weighted by Crippen LogP contribution is -2.18. The van der Waals surface area contributed by atoms with Crippen LogP contribution in [0.2, 0.25) is 0 Å². The van der Waals surface area contributed by atoms with Crippen LogP contribution in [0, 0.1) is 13.8 Å². The summed E-state index contributed by atoms with van der Waals surface area (Å²) in [5.41, 5.74) is 2.18. The van der Waals surface area contributed by atoms with Gasteiger partial charge in [-0.2, -0.15) is 0 Å². The van der Waals surface area contributed by atoms with Crippen molar-refractivity contribution in [1.82, 2.24) is 0 Å². The van der Waals surface area contributed by atoms with Crippen molar-refractivity contribution < 1.29 is 8.42 Å². The summed E-state index contributed by atoms with van der Waals surface area (Å²) in [6.07, 6.45) is 0.198. The first-order valence-electron chi connectivity index (χ1n) is 7.11. The van der Waals surface area contributed by atoms with Crippen LogP contribution in [0.1, 0.15) is 17.5 Å². The van der Waals surface area contributed by atoms with Crippen molar-refractivity contribution in [3.63, 3.8) is 0 Å². The number of hydrogen-bond acceptors (Lipinski definition) is 2. The molecule has 0 spiro atoms. The summed E-state index contributed by atoms with van der Waals surface area (Å²) in [4.78, 5) is 1.31. The zero-order chi connectivity index (χ0) is 17.0. The normalized spacial score (nSPS) is 16.5. The van der Waals surface area contributed by atoms with E-state index in [-0.39, 0.29) is 6.42 Å². The second-order valence-electron chi connectivity index (χ2n) is 5.28. The first-order chi connectivity index (χ1) is 10.9. The van der Waals surface area contributed by atoms with Gasteiger partial charge in [-0.15, -0.1) is 23.2 Å². The van der Waals surface area contributed by atoms with Crippen molar-refractivity contribution in [3.05, 3.63) is 59.7 Å². The molecule has 2 aromatic rings. The molecule has 0 saturated heterocycles. The van der Waals surface area contributed by atoms with Gasteiger partial charge < -0.3 is 0 Å². The molecule has 124 valence electrons. The zero-order valence-corrected chi connectivity index (χ0v) is 16.0. The molecule has 0 heterocycles. The summed E-state index contributed by atoms with van der Waals surface area (Å²) in [6.45, 7) is 3.93. The Kier molecular flexibility index (Phi) is 6.84. The molecule has 4 atom stereocenters. The zero-order valence-electron chi connectivity index (χ0n) is 12.9. The van der Waals surface area contributed by atoms with E-state index in [9.17, 15) is 8.42 Å².